The van der Waals surface area contributed by atoms with Gasteiger partial charge >= 0.3 is 5.97 Å². The summed E-state index contributed by atoms with van der Waals surface area (Å²) in [5, 5.41) is 32.5. The summed E-state index contributed by atoms with van der Waals surface area (Å²) in [6, 6.07) is 0.288. The number of nitrogens with one attached hydrogen (secondary N) is 8. The summed E-state index contributed by atoms with van der Waals surface area (Å²) in [4.78, 5) is 126. The SMILES string of the molecule is CC[C@H](C)[C@@H]1NC(=O)[C@H](CC(C)C)NC(=O)[C@@H](CC(C)C)NC(=O)[C@H]2NC(=O)[C@H](NC(=O)[C@@H](C)NC(=O)[C@H](CC(C)C)NC(C)=O)Cc3ccc(cc3)Oc3cc(ccc3O)C[C@H](NC1=O)C(=O)O[C@@H]2C. The molecular weight excluding hydrogens is 917 g/mol. The summed E-state index contributed by atoms with van der Waals surface area (Å²) in [6.45, 7) is 18.7. The molecule has 0 spiro atoms. The zero-order valence-corrected chi connectivity index (χ0v) is 42.7. The first-order chi connectivity index (χ1) is 33.3. The van der Waals surface area contributed by atoms with E-state index in [4.69, 9.17) is 9.47 Å². The lowest BCUT2D eigenvalue weighted by Crippen LogP contribution is -2.63. The molecule has 8 amide bonds. The molecule has 0 aliphatic carbocycles. The zero-order valence-electron chi connectivity index (χ0n) is 42.7. The topological polar surface area (TPSA) is 289 Å². The van der Waals surface area contributed by atoms with Gasteiger partial charge in [-0.15, -0.1) is 0 Å². The molecule has 0 saturated carbocycles. The maximum absolute atomic E-state index is 14.7. The minimum Gasteiger partial charge on any atom is -0.504 e. The van der Waals surface area contributed by atoms with Crippen molar-refractivity contribution in [3.63, 3.8) is 0 Å². The van der Waals surface area contributed by atoms with Crippen LogP contribution >= 0.6 is 0 Å². The van der Waals surface area contributed by atoms with E-state index in [1.807, 2.05) is 48.5 Å². The van der Waals surface area contributed by atoms with Crippen LogP contribution in [0.5, 0.6) is 17.2 Å². The van der Waals surface area contributed by atoms with E-state index in [9.17, 15) is 48.3 Å². The fourth-order valence-electron chi connectivity index (χ4n) is 8.23. The molecule has 3 heterocycles. The third kappa shape index (κ3) is 17.0. The summed E-state index contributed by atoms with van der Waals surface area (Å²) in [5.41, 5.74) is 0.915. The van der Waals surface area contributed by atoms with E-state index in [2.05, 4.69) is 42.5 Å². The van der Waals surface area contributed by atoms with E-state index in [0.717, 1.165) is 0 Å². The third-order valence-corrected chi connectivity index (χ3v) is 12.3. The summed E-state index contributed by atoms with van der Waals surface area (Å²) in [5.74, 6) is -7.62. The lowest BCUT2D eigenvalue weighted by atomic mass is 9.95. The van der Waals surface area contributed by atoms with Gasteiger partial charge in [-0.2, -0.15) is 0 Å². The Morgan fingerprint density at radius 2 is 1.28 bits per heavy atom. The van der Waals surface area contributed by atoms with Gasteiger partial charge in [0, 0.05) is 19.8 Å². The van der Waals surface area contributed by atoms with Crippen LogP contribution in [0.3, 0.4) is 0 Å². The van der Waals surface area contributed by atoms with E-state index in [-0.39, 0.29) is 67.1 Å². The third-order valence-electron chi connectivity index (χ3n) is 12.3. The van der Waals surface area contributed by atoms with Crippen molar-refractivity contribution in [2.45, 2.75) is 169 Å². The van der Waals surface area contributed by atoms with Gasteiger partial charge in [0.05, 0.1) is 0 Å². The van der Waals surface area contributed by atoms with Crippen LogP contribution in [0.25, 0.3) is 0 Å². The second-order valence-corrected chi connectivity index (χ2v) is 20.1. The Kier molecular flexibility index (Phi) is 20.8. The van der Waals surface area contributed by atoms with Crippen molar-refractivity contribution in [2.75, 3.05) is 0 Å². The number of esters is 1. The number of benzene rings is 2. The van der Waals surface area contributed by atoms with Crippen LogP contribution in [0.15, 0.2) is 42.5 Å². The van der Waals surface area contributed by atoms with Gasteiger partial charge < -0.3 is 57.1 Å². The molecule has 0 radical (unpaired) electrons. The minimum atomic E-state index is -1.73. The molecule has 390 valence electrons. The van der Waals surface area contributed by atoms with Crippen LogP contribution < -0.4 is 47.3 Å². The number of fused-ring (bicyclic) bond motifs is 5. The number of carbonyl (C=O) groups is 9. The number of carbonyl (C=O) groups excluding carboxylic acids is 9. The van der Waals surface area contributed by atoms with Crippen molar-refractivity contribution in [1.29, 1.82) is 0 Å². The molecule has 1 fully saturated rings. The number of ether oxygens (including phenoxy) is 2. The molecule has 6 bridgehead atoms. The molecule has 20 nitrogen and oxygen atoms in total. The molecule has 0 unspecified atom stereocenters. The number of phenolic OH excluding ortho intramolecular Hbond substituents is 1. The van der Waals surface area contributed by atoms with Gasteiger partial charge in [-0.05, 0) is 92.2 Å². The highest BCUT2D eigenvalue weighted by molar-refractivity contribution is 5.98. The highest BCUT2D eigenvalue weighted by Crippen LogP contribution is 2.32. The van der Waals surface area contributed by atoms with Gasteiger partial charge in [-0.1, -0.05) is 80.0 Å². The van der Waals surface area contributed by atoms with Crippen LogP contribution in [-0.4, -0.2) is 113 Å². The van der Waals surface area contributed by atoms with Crippen molar-refractivity contribution in [3.05, 3.63) is 53.6 Å². The lowest BCUT2D eigenvalue weighted by Gasteiger charge is -2.32. The van der Waals surface area contributed by atoms with Crippen molar-refractivity contribution in [2.24, 2.45) is 23.7 Å². The highest BCUT2D eigenvalue weighted by Gasteiger charge is 2.40. The normalized spacial score (nSPS) is 23.9. The van der Waals surface area contributed by atoms with Gasteiger partial charge in [0.15, 0.2) is 11.5 Å². The number of rotatable bonds is 13. The average Bonchev–Trinajstić information content (AvgIpc) is 3.28. The second kappa shape index (κ2) is 25.9. The number of hydrogen-bond acceptors (Lipinski definition) is 12. The van der Waals surface area contributed by atoms with Crippen molar-refractivity contribution in [1.82, 2.24) is 42.5 Å². The molecular formula is C51H74N8O12. The first kappa shape index (κ1) is 56.9. The summed E-state index contributed by atoms with van der Waals surface area (Å²) < 4.78 is 12.0. The van der Waals surface area contributed by atoms with Gasteiger partial charge in [-0.25, -0.2) is 4.79 Å². The summed E-state index contributed by atoms with van der Waals surface area (Å²) in [6.07, 6.45) is -0.963. The van der Waals surface area contributed by atoms with Gasteiger partial charge in [-0.3, -0.25) is 38.4 Å². The number of phenols is 1. The molecule has 2 aromatic rings. The first-order valence-corrected chi connectivity index (χ1v) is 24.5. The Labute approximate surface area is 416 Å². The fraction of sp³-hybridized carbons (Fsp3) is 0.588. The predicted molar refractivity (Wildman–Crippen MR) is 262 cm³/mol. The smallest absolute Gasteiger partial charge is 0.329 e. The quantitative estimate of drug-likeness (QED) is 0.131. The van der Waals surface area contributed by atoms with Crippen LogP contribution in [0.1, 0.15) is 113 Å². The maximum atomic E-state index is 14.7. The van der Waals surface area contributed by atoms with Gasteiger partial charge in [0.25, 0.3) is 0 Å². The summed E-state index contributed by atoms with van der Waals surface area (Å²) in [7, 11) is 0. The highest BCUT2D eigenvalue weighted by atomic mass is 16.5. The number of hydrogen-bond donors (Lipinski definition) is 9. The van der Waals surface area contributed by atoms with Gasteiger partial charge in [0.1, 0.15) is 60.2 Å². The van der Waals surface area contributed by atoms with E-state index < -0.39 is 114 Å². The Morgan fingerprint density at radius 1 is 0.690 bits per heavy atom. The Bertz CT molecular complexity index is 2250. The molecule has 9 N–H and O–H groups in total. The monoisotopic (exact) mass is 991 g/mol. The van der Waals surface area contributed by atoms with Crippen LogP contribution in [-0.2, 0) is 60.7 Å². The molecule has 2 aromatic carbocycles. The van der Waals surface area contributed by atoms with Crippen molar-refractivity contribution in [3.8, 4) is 17.2 Å². The zero-order chi connectivity index (χ0) is 52.9. The molecule has 71 heavy (non-hydrogen) atoms. The van der Waals surface area contributed by atoms with E-state index in [0.29, 0.717) is 17.5 Å². The molecule has 3 aliphatic heterocycles. The molecule has 20 heteroatoms. The molecule has 3 aliphatic rings. The van der Waals surface area contributed by atoms with Crippen molar-refractivity contribution < 1.29 is 57.7 Å². The predicted octanol–water partition coefficient (Wildman–Crippen LogP) is 2.33. The standard InChI is InChI=1S/C51H74N8O12/c1-12-28(8)42-49(67)57-39-23-33-15-18-40(61)41(24-33)71-34-16-13-32(14-17-34)22-38(54-44(62)29(9)52-45(63)35(19-25(2)3)53-31(11)60)48(66)59-43(30(10)70-51(39)69)50(68)56-36(20-26(4)5)46(64)55-37(21-27(6)7)47(65)58-42/h13-18,24-30,35-39,42-43,61H,12,19-23H2,1-11H3,(H,52,63)(H,53,60)(H,54,62)(H,55,64)(H,56,68)(H,57,67)(H,58,65)(H,59,66)/t28-,29+,30+,35-,36+,37-,38+,39-,42-,43-/m0/s1. The Balaban J connectivity index is 1.88. The number of amides is 8. The van der Waals surface area contributed by atoms with Gasteiger partial charge in [0.2, 0.25) is 47.3 Å². The van der Waals surface area contributed by atoms with Crippen LogP contribution in [0, 0.1) is 23.7 Å². The Morgan fingerprint density at radius 3 is 1.86 bits per heavy atom. The second-order valence-electron chi connectivity index (χ2n) is 20.1. The fourth-order valence-corrected chi connectivity index (χ4v) is 8.23. The molecule has 5 rings (SSSR count). The molecule has 0 aromatic heterocycles. The minimum absolute atomic E-state index is 0.00277. The Hall–Kier alpha value is -6.73. The molecule has 1 saturated heterocycles. The van der Waals surface area contributed by atoms with Crippen LogP contribution in [0.2, 0.25) is 0 Å². The average molecular weight is 991 g/mol. The first-order valence-electron chi connectivity index (χ1n) is 24.5. The summed E-state index contributed by atoms with van der Waals surface area (Å²) >= 11 is 0. The number of aromatic hydroxyl groups is 1. The van der Waals surface area contributed by atoms with E-state index in [1.165, 1.54) is 39.0 Å². The largest absolute Gasteiger partial charge is 0.504 e. The van der Waals surface area contributed by atoms with E-state index in [1.54, 1.807) is 31.2 Å². The lowest BCUT2D eigenvalue weighted by molar-refractivity contribution is -0.156. The van der Waals surface area contributed by atoms with E-state index >= 15 is 0 Å². The molecule has 10 atom stereocenters. The van der Waals surface area contributed by atoms with Crippen molar-refractivity contribution >= 4 is 53.2 Å². The van der Waals surface area contributed by atoms with Crippen LogP contribution in [0.4, 0.5) is 0 Å². The maximum Gasteiger partial charge on any atom is 0.329 e.